The lowest BCUT2D eigenvalue weighted by Gasteiger charge is -2.23. The van der Waals surface area contributed by atoms with E-state index in [-0.39, 0.29) is 12.1 Å². The van der Waals surface area contributed by atoms with Crippen molar-refractivity contribution in [2.75, 3.05) is 33.4 Å². The van der Waals surface area contributed by atoms with E-state index >= 15 is 0 Å². The van der Waals surface area contributed by atoms with Crippen LogP contribution in [0.15, 0.2) is 24.3 Å². The van der Waals surface area contributed by atoms with E-state index in [0.29, 0.717) is 6.61 Å². The third-order valence-corrected chi connectivity index (χ3v) is 3.05. The van der Waals surface area contributed by atoms with Crippen molar-refractivity contribution >= 4 is 0 Å². The minimum atomic E-state index is -0.0539. The monoisotopic (exact) mass is 280 g/mol. The molecule has 4 nitrogen and oxygen atoms in total. The quantitative estimate of drug-likeness (QED) is 0.755. The van der Waals surface area contributed by atoms with E-state index in [1.54, 1.807) is 0 Å². The topological polar surface area (TPSA) is 47.7 Å². The molecule has 0 spiro atoms. The number of benzene rings is 1. The fourth-order valence-electron chi connectivity index (χ4n) is 2.04. The Morgan fingerprint density at radius 3 is 2.60 bits per heavy atom. The number of nitrogens with zero attached hydrogens (tertiary/aromatic N) is 1. The first-order valence-corrected chi connectivity index (χ1v) is 7.32. The van der Waals surface area contributed by atoms with Crippen molar-refractivity contribution < 1.29 is 9.47 Å². The Kier molecular flexibility index (Phi) is 7.59. The van der Waals surface area contributed by atoms with E-state index in [1.807, 2.05) is 45.0 Å². The molecule has 0 saturated carbocycles. The number of nitrogens with two attached hydrogens (primary N) is 1. The molecule has 0 aliphatic rings. The molecule has 0 fully saturated rings. The highest BCUT2D eigenvalue weighted by atomic mass is 16.5. The first kappa shape index (κ1) is 17.0. The van der Waals surface area contributed by atoms with Gasteiger partial charge in [0.15, 0.2) is 0 Å². The largest absolute Gasteiger partial charge is 0.494 e. The van der Waals surface area contributed by atoms with Crippen LogP contribution in [-0.4, -0.2) is 44.4 Å². The highest BCUT2D eigenvalue weighted by Crippen LogP contribution is 2.23. The van der Waals surface area contributed by atoms with Crippen LogP contribution in [0, 0.1) is 0 Å². The Balaban J connectivity index is 2.51. The number of hydrogen-bond donors (Lipinski definition) is 1. The molecule has 0 aliphatic heterocycles. The van der Waals surface area contributed by atoms with Gasteiger partial charge in [-0.15, -0.1) is 0 Å². The van der Waals surface area contributed by atoms with E-state index in [4.69, 9.17) is 15.2 Å². The second-order valence-corrected chi connectivity index (χ2v) is 5.26. The van der Waals surface area contributed by atoms with Gasteiger partial charge in [-0.25, -0.2) is 0 Å². The van der Waals surface area contributed by atoms with Gasteiger partial charge in [0, 0.05) is 24.7 Å². The molecule has 2 N–H and O–H groups in total. The van der Waals surface area contributed by atoms with E-state index < -0.39 is 0 Å². The molecule has 1 aromatic carbocycles. The van der Waals surface area contributed by atoms with Crippen molar-refractivity contribution in [2.24, 2.45) is 5.73 Å². The summed E-state index contributed by atoms with van der Waals surface area (Å²) < 4.78 is 11.2. The Labute approximate surface area is 122 Å². The predicted molar refractivity (Wildman–Crippen MR) is 83.1 cm³/mol. The minimum Gasteiger partial charge on any atom is -0.494 e. The number of hydrogen-bond acceptors (Lipinski definition) is 4. The Morgan fingerprint density at radius 1 is 1.25 bits per heavy atom. The maximum atomic E-state index is 6.30. The number of para-hydroxylation sites is 1. The summed E-state index contributed by atoms with van der Waals surface area (Å²) in [6, 6.07) is 7.93. The molecule has 1 atom stereocenters. The summed E-state index contributed by atoms with van der Waals surface area (Å²) in [6.45, 7) is 9.12. The van der Waals surface area contributed by atoms with E-state index in [2.05, 4.69) is 11.9 Å². The zero-order chi connectivity index (χ0) is 15.0. The summed E-state index contributed by atoms with van der Waals surface area (Å²) in [7, 11) is 2.06. The van der Waals surface area contributed by atoms with Gasteiger partial charge < -0.3 is 20.1 Å². The molecule has 0 heterocycles. The lowest BCUT2D eigenvalue weighted by molar-refractivity contribution is 0.0629. The molecule has 4 heteroatoms. The lowest BCUT2D eigenvalue weighted by Crippen LogP contribution is -2.32. The van der Waals surface area contributed by atoms with Gasteiger partial charge in [0.05, 0.1) is 19.3 Å². The van der Waals surface area contributed by atoms with Crippen LogP contribution < -0.4 is 10.5 Å². The van der Waals surface area contributed by atoms with Crippen molar-refractivity contribution in [1.82, 2.24) is 4.90 Å². The smallest absolute Gasteiger partial charge is 0.124 e. The SMILES string of the molecule is CCOc1ccccc1C(N)CN(C)CCOC(C)C. The molecule has 0 radical (unpaired) electrons. The third kappa shape index (κ3) is 5.90. The van der Waals surface area contributed by atoms with Crippen molar-refractivity contribution in [1.29, 1.82) is 0 Å². The van der Waals surface area contributed by atoms with Gasteiger partial charge in [-0.1, -0.05) is 18.2 Å². The Hall–Kier alpha value is -1.10. The van der Waals surface area contributed by atoms with Crippen molar-refractivity contribution in [2.45, 2.75) is 32.9 Å². The van der Waals surface area contributed by atoms with E-state index in [0.717, 1.165) is 31.0 Å². The molecule has 0 amide bonds. The van der Waals surface area contributed by atoms with Crippen molar-refractivity contribution in [3.8, 4) is 5.75 Å². The van der Waals surface area contributed by atoms with E-state index in [1.165, 1.54) is 0 Å². The predicted octanol–water partition coefficient (Wildman–Crippen LogP) is 2.44. The van der Waals surface area contributed by atoms with Gasteiger partial charge in [-0.05, 0) is 33.9 Å². The second-order valence-electron chi connectivity index (χ2n) is 5.26. The summed E-state index contributed by atoms with van der Waals surface area (Å²) in [5.74, 6) is 0.884. The summed E-state index contributed by atoms with van der Waals surface area (Å²) >= 11 is 0. The molecular weight excluding hydrogens is 252 g/mol. The average molecular weight is 280 g/mol. The molecule has 0 saturated heterocycles. The molecule has 0 aliphatic carbocycles. The molecule has 20 heavy (non-hydrogen) atoms. The van der Waals surface area contributed by atoms with Crippen LogP contribution >= 0.6 is 0 Å². The molecule has 0 bridgehead atoms. The summed E-state index contributed by atoms with van der Waals surface area (Å²) in [5.41, 5.74) is 7.36. The number of rotatable bonds is 9. The van der Waals surface area contributed by atoms with Crippen LogP contribution in [0.5, 0.6) is 5.75 Å². The first-order valence-electron chi connectivity index (χ1n) is 7.32. The first-order chi connectivity index (χ1) is 9.54. The summed E-state index contributed by atoms with van der Waals surface area (Å²) in [5, 5.41) is 0. The molecular formula is C16H28N2O2. The van der Waals surface area contributed by atoms with Gasteiger partial charge in [0.1, 0.15) is 5.75 Å². The molecule has 1 unspecified atom stereocenters. The zero-order valence-corrected chi connectivity index (χ0v) is 13.1. The maximum Gasteiger partial charge on any atom is 0.124 e. The Morgan fingerprint density at radius 2 is 1.95 bits per heavy atom. The van der Waals surface area contributed by atoms with Gasteiger partial charge in [0.2, 0.25) is 0 Å². The zero-order valence-electron chi connectivity index (χ0n) is 13.1. The standard InChI is InChI=1S/C16H28N2O2/c1-5-19-16-9-7-6-8-14(16)15(17)12-18(4)10-11-20-13(2)3/h6-9,13,15H,5,10-12,17H2,1-4H3. The van der Waals surface area contributed by atoms with E-state index in [9.17, 15) is 0 Å². The highest BCUT2D eigenvalue weighted by Gasteiger charge is 2.13. The fourth-order valence-corrected chi connectivity index (χ4v) is 2.04. The van der Waals surface area contributed by atoms with Gasteiger partial charge in [-0.2, -0.15) is 0 Å². The van der Waals surface area contributed by atoms with Gasteiger partial charge >= 0.3 is 0 Å². The average Bonchev–Trinajstić information content (AvgIpc) is 2.39. The minimum absolute atomic E-state index is 0.0539. The molecule has 1 rings (SSSR count). The highest BCUT2D eigenvalue weighted by molar-refractivity contribution is 5.35. The normalized spacial score (nSPS) is 12.9. The van der Waals surface area contributed by atoms with Gasteiger partial charge in [0.25, 0.3) is 0 Å². The maximum absolute atomic E-state index is 6.30. The van der Waals surface area contributed by atoms with Crippen LogP contribution in [0.3, 0.4) is 0 Å². The van der Waals surface area contributed by atoms with Crippen LogP contribution in [0.2, 0.25) is 0 Å². The third-order valence-electron chi connectivity index (χ3n) is 3.05. The summed E-state index contributed by atoms with van der Waals surface area (Å²) in [6.07, 6.45) is 0.274. The summed E-state index contributed by atoms with van der Waals surface area (Å²) in [4.78, 5) is 2.19. The second kappa shape index (κ2) is 8.95. The molecule has 0 aromatic heterocycles. The van der Waals surface area contributed by atoms with Crippen LogP contribution in [0.25, 0.3) is 0 Å². The van der Waals surface area contributed by atoms with Crippen LogP contribution in [-0.2, 0) is 4.74 Å². The molecule has 114 valence electrons. The fraction of sp³-hybridized carbons (Fsp3) is 0.625. The van der Waals surface area contributed by atoms with Crippen LogP contribution in [0.4, 0.5) is 0 Å². The lowest BCUT2D eigenvalue weighted by atomic mass is 10.1. The van der Waals surface area contributed by atoms with Crippen LogP contribution in [0.1, 0.15) is 32.4 Å². The number of likely N-dealkylation sites (N-methyl/N-ethyl adjacent to an activating group) is 1. The van der Waals surface area contributed by atoms with Crippen molar-refractivity contribution in [3.63, 3.8) is 0 Å². The number of ether oxygens (including phenoxy) is 2. The molecule has 1 aromatic rings. The Bertz CT molecular complexity index is 382. The van der Waals surface area contributed by atoms with Crippen molar-refractivity contribution in [3.05, 3.63) is 29.8 Å². The van der Waals surface area contributed by atoms with Gasteiger partial charge in [-0.3, -0.25) is 0 Å².